The quantitative estimate of drug-likeness (QED) is 0.442. The lowest BCUT2D eigenvalue weighted by Crippen LogP contribution is -2.34. The van der Waals surface area contributed by atoms with Crippen molar-refractivity contribution in [1.82, 2.24) is 19.9 Å². The summed E-state index contributed by atoms with van der Waals surface area (Å²) in [6.07, 6.45) is 5.16. The number of pyridine rings is 2. The van der Waals surface area contributed by atoms with Crippen LogP contribution < -0.4 is 10.7 Å². The first kappa shape index (κ1) is 19.8. The molecule has 0 saturated carbocycles. The van der Waals surface area contributed by atoms with Gasteiger partial charge >= 0.3 is 0 Å². The molecule has 5 rings (SSSR count). The molecule has 0 fully saturated rings. The standard InChI is InChI=1S/C26H22N4O2/c1-16(2)29-26(32)22-15-30(25-21(24(22)31)7-4-11-28-25)20-6-3-5-17(14-20)18-8-9-23-19(13-18)10-12-27-23/h3-16,27H,1-2H3,(H,29,32). The maximum absolute atomic E-state index is 13.0. The molecule has 6 heteroatoms. The number of aromatic nitrogens is 3. The molecule has 6 nitrogen and oxygen atoms in total. The van der Waals surface area contributed by atoms with Crippen molar-refractivity contribution in [2.24, 2.45) is 0 Å². The molecule has 0 aliphatic heterocycles. The number of hydrogen-bond donors (Lipinski definition) is 2. The molecule has 3 aromatic heterocycles. The lowest BCUT2D eigenvalue weighted by Gasteiger charge is -2.15. The third-order valence-corrected chi connectivity index (χ3v) is 5.44. The van der Waals surface area contributed by atoms with Crippen molar-refractivity contribution in [3.8, 4) is 16.8 Å². The molecule has 0 aliphatic carbocycles. The van der Waals surface area contributed by atoms with E-state index < -0.39 is 5.91 Å². The summed E-state index contributed by atoms with van der Waals surface area (Å²) in [7, 11) is 0. The van der Waals surface area contributed by atoms with Crippen LogP contribution in [0.5, 0.6) is 0 Å². The van der Waals surface area contributed by atoms with Gasteiger partial charge in [-0.3, -0.25) is 9.59 Å². The largest absolute Gasteiger partial charge is 0.361 e. The molecule has 0 bridgehead atoms. The summed E-state index contributed by atoms with van der Waals surface area (Å²) in [4.78, 5) is 33.4. The Bertz CT molecular complexity index is 1530. The smallest absolute Gasteiger partial charge is 0.256 e. The Balaban J connectivity index is 1.69. The zero-order chi connectivity index (χ0) is 22.2. The van der Waals surface area contributed by atoms with Gasteiger partial charge in [0, 0.05) is 35.8 Å². The average Bonchev–Trinajstić information content (AvgIpc) is 3.27. The fourth-order valence-corrected chi connectivity index (χ4v) is 3.93. The maximum Gasteiger partial charge on any atom is 0.256 e. The van der Waals surface area contributed by atoms with Crippen molar-refractivity contribution in [3.05, 3.63) is 95.0 Å². The van der Waals surface area contributed by atoms with Gasteiger partial charge in [0.15, 0.2) is 0 Å². The Hall–Kier alpha value is -4.19. The number of hydrogen-bond acceptors (Lipinski definition) is 3. The molecule has 0 unspecified atom stereocenters. The van der Waals surface area contributed by atoms with E-state index >= 15 is 0 Å². The second-order valence-corrected chi connectivity index (χ2v) is 8.07. The van der Waals surface area contributed by atoms with Crippen LogP contribution in [-0.4, -0.2) is 26.5 Å². The van der Waals surface area contributed by atoms with Crippen molar-refractivity contribution in [3.63, 3.8) is 0 Å². The van der Waals surface area contributed by atoms with Crippen LogP contribution in [-0.2, 0) is 0 Å². The molecule has 3 heterocycles. The number of fused-ring (bicyclic) bond motifs is 2. The van der Waals surface area contributed by atoms with E-state index in [1.807, 2.05) is 54.9 Å². The summed E-state index contributed by atoms with van der Waals surface area (Å²) in [6.45, 7) is 3.73. The number of carbonyl (C=O) groups excluding carboxylic acids is 1. The van der Waals surface area contributed by atoms with Gasteiger partial charge in [-0.2, -0.15) is 0 Å². The second kappa shape index (κ2) is 7.81. The van der Waals surface area contributed by atoms with E-state index in [1.54, 1.807) is 24.5 Å². The molecule has 0 aliphatic rings. The Labute approximate surface area is 184 Å². The molecule has 0 atom stereocenters. The molecule has 0 radical (unpaired) electrons. The van der Waals surface area contributed by atoms with Crippen LogP contribution in [0, 0.1) is 0 Å². The number of benzene rings is 2. The fourth-order valence-electron chi connectivity index (χ4n) is 3.93. The predicted octanol–water partition coefficient (Wildman–Crippen LogP) is 4.67. The van der Waals surface area contributed by atoms with Gasteiger partial charge in [0.2, 0.25) is 5.43 Å². The summed E-state index contributed by atoms with van der Waals surface area (Å²) >= 11 is 0. The zero-order valence-corrected chi connectivity index (χ0v) is 17.8. The zero-order valence-electron chi connectivity index (χ0n) is 17.8. The molecule has 5 aromatic rings. The molecule has 158 valence electrons. The average molecular weight is 422 g/mol. The molecule has 0 saturated heterocycles. The van der Waals surface area contributed by atoms with Crippen LogP contribution in [0.25, 0.3) is 38.8 Å². The van der Waals surface area contributed by atoms with Gasteiger partial charge in [0.1, 0.15) is 11.2 Å². The van der Waals surface area contributed by atoms with Crippen molar-refractivity contribution in [2.75, 3.05) is 0 Å². The van der Waals surface area contributed by atoms with Crippen LogP contribution in [0.3, 0.4) is 0 Å². The number of amides is 1. The van der Waals surface area contributed by atoms with E-state index in [4.69, 9.17) is 0 Å². The van der Waals surface area contributed by atoms with Gasteiger partial charge in [-0.15, -0.1) is 0 Å². The molecule has 2 N–H and O–H groups in total. The van der Waals surface area contributed by atoms with E-state index in [-0.39, 0.29) is 17.0 Å². The highest BCUT2D eigenvalue weighted by molar-refractivity contribution is 5.97. The lowest BCUT2D eigenvalue weighted by molar-refractivity contribution is 0.0941. The summed E-state index contributed by atoms with van der Waals surface area (Å²) in [6, 6.07) is 19.6. The topological polar surface area (TPSA) is 79.8 Å². The van der Waals surface area contributed by atoms with Gasteiger partial charge in [0.05, 0.1) is 5.39 Å². The number of aromatic amines is 1. The summed E-state index contributed by atoms with van der Waals surface area (Å²) in [5.41, 5.74) is 4.30. The van der Waals surface area contributed by atoms with Crippen LogP contribution in [0.4, 0.5) is 0 Å². The lowest BCUT2D eigenvalue weighted by atomic mass is 10.0. The van der Waals surface area contributed by atoms with Gasteiger partial charge in [-0.25, -0.2) is 4.98 Å². The second-order valence-electron chi connectivity index (χ2n) is 8.07. The van der Waals surface area contributed by atoms with Crippen LogP contribution >= 0.6 is 0 Å². The highest BCUT2D eigenvalue weighted by atomic mass is 16.2. The first-order valence-corrected chi connectivity index (χ1v) is 10.5. The summed E-state index contributed by atoms with van der Waals surface area (Å²) in [5.74, 6) is -0.390. The van der Waals surface area contributed by atoms with E-state index in [2.05, 4.69) is 33.5 Å². The highest BCUT2D eigenvalue weighted by Crippen LogP contribution is 2.26. The Morgan fingerprint density at radius 2 is 1.88 bits per heavy atom. The monoisotopic (exact) mass is 422 g/mol. The van der Waals surface area contributed by atoms with Crippen molar-refractivity contribution < 1.29 is 4.79 Å². The number of H-pyrrole nitrogens is 1. The first-order chi connectivity index (χ1) is 15.5. The number of carbonyl (C=O) groups is 1. The van der Waals surface area contributed by atoms with Crippen LogP contribution in [0.1, 0.15) is 24.2 Å². The Morgan fingerprint density at radius 3 is 2.72 bits per heavy atom. The molecular weight excluding hydrogens is 400 g/mol. The molecular formula is C26H22N4O2. The minimum Gasteiger partial charge on any atom is -0.361 e. The normalized spacial score (nSPS) is 11.3. The van der Waals surface area contributed by atoms with Crippen LogP contribution in [0.2, 0.25) is 0 Å². The SMILES string of the molecule is CC(C)NC(=O)c1cn(-c2cccc(-c3ccc4[nH]ccc4c3)c2)c2ncccc2c1=O. The Kier molecular flexibility index (Phi) is 4.82. The van der Waals surface area contributed by atoms with Gasteiger partial charge in [-0.1, -0.05) is 18.2 Å². The van der Waals surface area contributed by atoms with E-state index in [0.29, 0.717) is 11.0 Å². The molecule has 2 aromatic carbocycles. The third-order valence-electron chi connectivity index (χ3n) is 5.44. The van der Waals surface area contributed by atoms with Crippen molar-refractivity contribution in [2.45, 2.75) is 19.9 Å². The minimum atomic E-state index is -0.390. The minimum absolute atomic E-state index is 0.0772. The third kappa shape index (κ3) is 3.46. The van der Waals surface area contributed by atoms with Gasteiger partial charge in [0.25, 0.3) is 5.91 Å². The Morgan fingerprint density at radius 1 is 1.03 bits per heavy atom. The van der Waals surface area contributed by atoms with Gasteiger partial charge < -0.3 is 14.9 Å². The summed E-state index contributed by atoms with van der Waals surface area (Å²) < 4.78 is 1.81. The van der Waals surface area contributed by atoms with E-state index in [1.165, 1.54) is 0 Å². The first-order valence-electron chi connectivity index (χ1n) is 10.5. The van der Waals surface area contributed by atoms with E-state index in [0.717, 1.165) is 27.7 Å². The van der Waals surface area contributed by atoms with Crippen molar-refractivity contribution in [1.29, 1.82) is 0 Å². The predicted molar refractivity (Wildman–Crippen MR) is 127 cm³/mol. The molecule has 0 spiro atoms. The number of nitrogens with one attached hydrogen (secondary N) is 2. The van der Waals surface area contributed by atoms with Crippen LogP contribution in [0.15, 0.2) is 84.0 Å². The van der Waals surface area contributed by atoms with Crippen molar-refractivity contribution >= 4 is 27.8 Å². The number of nitrogens with zero attached hydrogens (tertiary/aromatic N) is 2. The summed E-state index contributed by atoms with van der Waals surface area (Å²) in [5, 5.41) is 4.36. The molecule has 32 heavy (non-hydrogen) atoms. The fraction of sp³-hybridized carbons (Fsp3) is 0.115. The highest BCUT2D eigenvalue weighted by Gasteiger charge is 2.17. The van der Waals surface area contributed by atoms with Gasteiger partial charge in [-0.05, 0) is 72.8 Å². The number of rotatable bonds is 4. The molecule has 1 amide bonds. The maximum atomic E-state index is 13.0. The van der Waals surface area contributed by atoms with E-state index in [9.17, 15) is 9.59 Å².